The number of hydrogen-bond donors (Lipinski definition) is 0. The SMILES string of the molecule is Cc1cc(C(F)F)c(F)c2c1CN(C(=O)OC(C)(C)C)CC2. The van der Waals surface area contributed by atoms with Gasteiger partial charge in [-0.15, -0.1) is 0 Å². The molecule has 122 valence electrons. The molecule has 0 unspecified atom stereocenters. The Bertz CT molecular complexity index is 594. The van der Waals surface area contributed by atoms with Gasteiger partial charge in [0.15, 0.2) is 0 Å². The number of nitrogens with zero attached hydrogens (tertiary/aromatic N) is 1. The van der Waals surface area contributed by atoms with Gasteiger partial charge in [-0.1, -0.05) is 0 Å². The minimum Gasteiger partial charge on any atom is -0.444 e. The van der Waals surface area contributed by atoms with Gasteiger partial charge in [0, 0.05) is 13.1 Å². The zero-order chi connectivity index (χ0) is 16.7. The Morgan fingerprint density at radius 1 is 1.32 bits per heavy atom. The molecule has 0 atom stereocenters. The number of carbonyl (C=O) groups is 1. The minimum atomic E-state index is -2.84. The second-order valence-corrected chi connectivity index (χ2v) is 6.51. The van der Waals surface area contributed by atoms with Gasteiger partial charge in [0.1, 0.15) is 11.4 Å². The van der Waals surface area contributed by atoms with E-state index in [1.165, 1.54) is 4.90 Å². The largest absolute Gasteiger partial charge is 0.444 e. The number of benzene rings is 1. The first kappa shape index (κ1) is 16.6. The quantitative estimate of drug-likeness (QED) is 0.770. The molecule has 22 heavy (non-hydrogen) atoms. The Morgan fingerprint density at radius 3 is 2.50 bits per heavy atom. The van der Waals surface area contributed by atoms with Crippen LogP contribution in [0.4, 0.5) is 18.0 Å². The molecule has 0 radical (unpaired) electrons. The van der Waals surface area contributed by atoms with Crippen molar-refractivity contribution in [1.82, 2.24) is 4.90 Å². The van der Waals surface area contributed by atoms with Gasteiger partial charge in [-0.25, -0.2) is 18.0 Å². The van der Waals surface area contributed by atoms with E-state index in [9.17, 15) is 18.0 Å². The fourth-order valence-corrected chi connectivity index (χ4v) is 2.57. The number of carbonyl (C=O) groups excluding carboxylic acids is 1. The summed E-state index contributed by atoms with van der Waals surface area (Å²) in [7, 11) is 0. The van der Waals surface area contributed by atoms with E-state index in [0.29, 0.717) is 11.1 Å². The summed E-state index contributed by atoms with van der Waals surface area (Å²) in [5.74, 6) is -0.848. The monoisotopic (exact) mass is 315 g/mol. The van der Waals surface area contributed by atoms with Crippen LogP contribution >= 0.6 is 0 Å². The molecule has 0 saturated carbocycles. The molecule has 0 spiro atoms. The number of ether oxygens (including phenoxy) is 1. The molecule has 2 rings (SSSR count). The van der Waals surface area contributed by atoms with E-state index in [1.54, 1.807) is 27.7 Å². The third-order valence-corrected chi connectivity index (χ3v) is 3.60. The van der Waals surface area contributed by atoms with Crippen LogP contribution in [-0.4, -0.2) is 23.1 Å². The van der Waals surface area contributed by atoms with E-state index < -0.39 is 29.5 Å². The maximum atomic E-state index is 14.2. The number of rotatable bonds is 1. The van der Waals surface area contributed by atoms with Crippen molar-refractivity contribution in [2.45, 2.75) is 52.7 Å². The lowest BCUT2D eigenvalue weighted by Gasteiger charge is -2.32. The van der Waals surface area contributed by atoms with Gasteiger partial charge in [0.25, 0.3) is 6.43 Å². The molecule has 6 heteroatoms. The standard InChI is InChI=1S/C16H20F3NO2/c1-9-7-11(14(18)19)13(17)10-5-6-20(8-12(9)10)15(21)22-16(2,3)4/h7,14H,5-6,8H2,1-4H3. The predicted octanol–water partition coefficient (Wildman–Crippen LogP) is 4.36. The normalized spacial score (nSPS) is 15.0. The lowest BCUT2D eigenvalue weighted by molar-refractivity contribution is 0.0222. The van der Waals surface area contributed by atoms with E-state index in [2.05, 4.69) is 0 Å². The fraction of sp³-hybridized carbons (Fsp3) is 0.562. The van der Waals surface area contributed by atoms with E-state index in [-0.39, 0.29) is 25.1 Å². The van der Waals surface area contributed by atoms with Crippen molar-refractivity contribution >= 4 is 6.09 Å². The number of halogens is 3. The second-order valence-electron chi connectivity index (χ2n) is 6.51. The van der Waals surface area contributed by atoms with Crippen LogP contribution in [0.2, 0.25) is 0 Å². The smallest absolute Gasteiger partial charge is 0.410 e. The fourth-order valence-electron chi connectivity index (χ4n) is 2.57. The van der Waals surface area contributed by atoms with Crippen molar-refractivity contribution in [2.24, 2.45) is 0 Å². The first-order valence-corrected chi connectivity index (χ1v) is 7.17. The van der Waals surface area contributed by atoms with Crippen molar-refractivity contribution in [3.63, 3.8) is 0 Å². The summed E-state index contributed by atoms with van der Waals surface area (Å²) in [6.07, 6.45) is -3.11. The van der Waals surface area contributed by atoms with Gasteiger partial charge in [0.2, 0.25) is 0 Å². The highest BCUT2D eigenvalue weighted by Crippen LogP contribution is 2.32. The number of aryl methyl sites for hydroxylation is 1. The molecular formula is C16H20F3NO2. The van der Waals surface area contributed by atoms with Crippen LogP contribution in [0.15, 0.2) is 6.07 Å². The van der Waals surface area contributed by atoms with Crippen LogP contribution in [-0.2, 0) is 17.7 Å². The molecule has 0 N–H and O–H groups in total. The first-order valence-electron chi connectivity index (χ1n) is 7.17. The molecule has 1 aliphatic heterocycles. The van der Waals surface area contributed by atoms with Crippen LogP contribution in [0.1, 0.15) is 49.5 Å². The molecule has 1 aromatic carbocycles. The van der Waals surface area contributed by atoms with Crippen LogP contribution in [0.5, 0.6) is 0 Å². The number of alkyl halides is 2. The Labute approximate surface area is 128 Å². The van der Waals surface area contributed by atoms with E-state index in [4.69, 9.17) is 4.74 Å². The average Bonchev–Trinajstić information content (AvgIpc) is 2.40. The molecule has 0 bridgehead atoms. The summed E-state index contributed by atoms with van der Waals surface area (Å²) in [4.78, 5) is 13.6. The molecule has 1 aromatic rings. The van der Waals surface area contributed by atoms with Gasteiger partial charge in [-0.2, -0.15) is 0 Å². The lowest BCUT2D eigenvalue weighted by atomic mass is 9.92. The van der Waals surface area contributed by atoms with Crippen LogP contribution in [0.3, 0.4) is 0 Å². The zero-order valence-corrected chi connectivity index (χ0v) is 13.2. The molecule has 1 aliphatic rings. The van der Waals surface area contributed by atoms with Crippen molar-refractivity contribution in [3.05, 3.63) is 34.1 Å². The minimum absolute atomic E-state index is 0.177. The summed E-state index contributed by atoms with van der Waals surface area (Å²) < 4.78 is 45.2. The van der Waals surface area contributed by atoms with Crippen molar-refractivity contribution in [2.75, 3.05) is 6.54 Å². The third kappa shape index (κ3) is 3.36. The van der Waals surface area contributed by atoms with Gasteiger partial charge in [-0.05, 0) is 56.9 Å². The Morgan fingerprint density at radius 2 is 1.95 bits per heavy atom. The first-order chi connectivity index (χ1) is 10.1. The van der Waals surface area contributed by atoms with E-state index in [0.717, 1.165) is 6.07 Å². The number of fused-ring (bicyclic) bond motifs is 1. The van der Waals surface area contributed by atoms with Gasteiger partial charge in [-0.3, -0.25) is 0 Å². The summed E-state index contributed by atoms with van der Waals surface area (Å²) >= 11 is 0. The zero-order valence-electron chi connectivity index (χ0n) is 13.2. The summed E-state index contributed by atoms with van der Waals surface area (Å²) in [6.45, 7) is 7.39. The average molecular weight is 315 g/mol. The summed E-state index contributed by atoms with van der Waals surface area (Å²) in [5.41, 5.74) is 0.271. The maximum absolute atomic E-state index is 14.2. The molecule has 1 heterocycles. The molecule has 0 saturated heterocycles. The van der Waals surface area contributed by atoms with E-state index in [1.807, 2.05) is 0 Å². The Kier molecular flexibility index (Phi) is 4.40. The van der Waals surface area contributed by atoms with Gasteiger partial charge < -0.3 is 9.64 Å². The molecule has 0 fully saturated rings. The number of amides is 1. The summed E-state index contributed by atoms with van der Waals surface area (Å²) in [5, 5.41) is 0. The van der Waals surface area contributed by atoms with Crippen LogP contribution < -0.4 is 0 Å². The second kappa shape index (κ2) is 5.82. The molecular weight excluding hydrogens is 295 g/mol. The Balaban J connectivity index is 2.28. The molecule has 1 amide bonds. The van der Waals surface area contributed by atoms with E-state index >= 15 is 0 Å². The van der Waals surface area contributed by atoms with Gasteiger partial charge in [0.05, 0.1) is 5.56 Å². The van der Waals surface area contributed by atoms with Crippen molar-refractivity contribution in [1.29, 1.82) is 0 Å². The molecule has 0 aromatic heterocycles. The van der Waals surface area contributed by atoms with Crippen LogP contribution in [0, 0.1) is 12.7 Å². The highest BCUT2D eigenvalue weighted by Gasteiger charge is 2.30. The predicted molar refractivity (Wildman–Crippen MR) is 76.4 cm³/mol. The highest BCUT2D eigenvalue weighted by molar-refractivity contribution is 5.69. The van der Waals surface area contributed by atoms with Crippen molar-refractivity contribution < 1.29 is 22.7 Å². The number of hydrogen-bond acceptors (Lipinski definition) is 2. The molecule has 0 aliphatic carbocycles. The maximum Gasteiger partial charge on any atom is 0.410 e. The van der Waals surface area contributed by atoms with Crippen molar-refractivity contribution in [3.8, 4) is 0 Å². The topological polar surface area (TPSA) is 29.5 Å². The lowest BCUT2D eigenvalue weighted by Crippen LogP contribution is -2.40. The molecule has 3 nitrogen and oxygen atoms in total. The van der Waals surface area contributed by atoms with Crippen LogP contribution in [0.25, 0.3) is 0 Å². The van der Waals surface area contributed by atoms with Gasteiger partial charge >= 0.3 is 6.09 Å². The third-order valence-electron chi connectivity index (χ3n) is 3.60. The Hall–Kier alpha value is -1.72. The highest BCUT2D eigenvalue weighted by atomic mass is 19.3. The summed E-state index contributed by atoms with van der Waals surface area (Å²) in [6, 6.07) is 1.16.